The molecule has 1 heterocycles. The lowest BCUT2D eigenvalue weighted by Gasteiger charge is -2.24. The minimum atomic E-state index is -2.39. The van der Waals surface area contributed by atoms with Crippen molar-refractivity contribution in [3.63, 3.8) is 0 Å². The molecule has 0 bridgehead atoms. The topological polar surface area (TPSA) is 86.8 Å². The van der Waals surface area contributed by atoms with E-state index in [0.717, 1.165) is 19.1 Å². The van der Waals surface area contributed by atoms with Crippen LogP contribution in [0.5, 0.6) is 0 Å². The van der Waals surface area contributed by atoms with Crippen molar-refractivity contribution in [1.82, 2.24) is 0 Å². The summed E-state index contributed by atoms with van der Waals surface area (Å²) < 4.78 is 26.3. The van der Waals surface area contributed by atoms with Crippen molar-refractivity contribution in [1.29, 1.82) is 0 Å². The third kappa shape index (κ3) is 9.72. The number of hydrogen-bond acceptors (Lipinski definition) is 6. The summed E-state index contributed by atoms with van der Waals surface area (Å²) in [4.78, 5) is 9.60. The van der Waals surface area contributed by atoms with Gasteiger partial charge in [0.05, 0.1) is 13.2 Å². The second-order valence-corrected chi connectivity index (χ2v) is 7.61. The van der Waals surface area contributed by atoms with Crippen LogP contribution in [0.15, 0.2) is 12.2 Å². The van der Waals surface area contributed by atoms with Gasteiger partial charge in [-0.3, -0.25) is 0 Å². The lowest BCUT2D eigenvalue weighted by atomic mass is 10.4. The first kappa shape index (κ1) is 20.2. The summed E-state index contributed by atoms with van der Waals surface area (Å²) in [5, 5.41) is 7.89. The van der Waals surface area contributed by atoms with Crippen LogP contribution in [-0.4, -0.2) is 67.1 Å². The molecule has 124 valence electrons. The van der Waals surface area contributed by atoms with Crippen molar-refractivity contribution in [2.24, 2.45) is 0 Å². The van der Waals surface area contributed by atoms with Gasteiger partial charge in [0.15, 0.2) is 0 Å². The molecule has 0 saturated carbocycles. The van der Waals surface area contributed by atoms with Gasteiger partial charge in [-0.15, -0.1) is 0 Å². The number of epoxide rings is 1. The second-order valence-electron chi connectivity index (χ2n) is 4.51. The predicted octanol–water partition coefficient (Wildman–Crippen LogP) is 1.32. The molecule has 1 rings (SSSR count). The molecule has 7 nitrogen and oxygen atoms in total. The Bertz CT molecular complexity index is 293. The van der Waals surface area contributed by atoms with Gasteiger partial charge in [-0.1, -0.05) is 6.58 Å². The van der Waals surface area contributed by atoms with E-state index in [9.17, 15) is 4.79 Å². The Morgan fingerprint density at radius 1 is 1.33 bits per heavy atom. The lowest BCUT2D eigenvalue weighted by molar-refractivity contribution is -0.132. The molecule has 1 fully saturated rings. The smallest absolute Gasteiger partial charge is 0.478 e. The molecule has 0 radical (unpaired) electrons. The minimum absolute atomic E-state index is 0.176. The van der Waals surface area contributed by atoms with Crippen LogP contribution in [-0.2, 0) is 27.5 Å². The standard InChI is InChI=1S/C9H20O5Si.C4H6O2/c1-10-15(11-2,12-3)6-4-5-13-7-9-8-14-9;1-3(2)4(5)6/h9H,4-8H2,1-3H3;1H2,2H3,(H,5,6). The molecule has 1 atom stereocenters. The average Bonchev–Trinajstić information content (AvgIpc) is 3.28. The maximum Gasteiger partial charge on any atom is 0.500 e. The lowest BCUT2D eigenvalue weighted by Crippen LogP contribution is -2.42. The maximum absolute atomic E-state index is 9.60. The number of carboxylic acids is 1. The number of ether oxygens (including phenoxy) is 2. The van der Waals surface area contributed by atoms with E-state index in [1.807, 2.05) is 0 Å². The summed E-state index contributed by atoms with van der Waals surface area (Å²) in [7, 11) is 2.48. The second kappa shape index (κ2) is 10.9. The summed E-state index contributed by atoms with van der Waals surface area (Å²) in [6.45, 7) is 6.84. The van der Waals surface area contributed by atoms with Gasteiger partial charge in [0, 0.05) is 39.6 Å². The number of hydrogen-bond donors (Lipinski definition) is 1. The van der Waals surface area contributed by atoms with Gasteiger partial charge in [-0.2, -0.15) is 0 Å². The van der Waals surface area contributed by atoms with Gasteiger partial charge in [-0.25, -0.2) is 4.79 Å². The summed E-state index contributed by atoms with van der Waals surface area (Å²) >= 11 is 0. The third-order valence-corrected chi connectivity index (χ3v) is 5.61. The molecular formula is C13H26O7Si. The Labute approximate surface area is 127 Å². The molecular weight excluding hydrogens is 296 g/mol. The van der Waals surface area contributed by atoms with Crippen LogP contribution in [0.1, 0.15) is 13.3 Å². The number of carbonyl (C=O) groups is 1. The Balaban J connectivity index is 0.000000567. The van der Waals surface area contributed by atoms with E-state index >= 15 is 0 Å². The van der Waals surface area contributed by atoms with Gasteiger partial charge >= 0.3 is 14.8 Å². The van der Waals surface area contributed by atoms with E-state index in [2.05, 4.69) is 6.58 Å². The van der Waals surface area contributed by atoms with E-state index in [0.29, 0.717) is 19.3 Å². The van der Waals surface area contributed by atoms with Crippen molar-refractivity contribution >= 4 is 14.8 Å². The summed E-state index contributed by atoms with van der Waals surface area (Å²) in [5.74, 6) is -0.935. The van der Waals surface area contributed by atoms with Crippen molar-refractivity contribution in [2.45, 2.75) is 25.5 Å². The molecule has 0 aliphatic carbocycles. The molecule has 1 unspecified atom stereocenters. The fraction of sp³-hybridized carbons (Fsp3) is 0.769. The zero-order valence-electron chi connectivity index (χ0n) is 13.2. The highest BCUT2D eigenvalue weighted by molar-refractivity contribution is 6.60. The zero-order valence-corrected chi connectivity index (χ0v) is 14.2. The number of carboxylic acid groups (broad SMARTS) is 1. The molecule has 0 spiro atoms. The largest absolute Gasteiger partial charge is 0.500 e. The molecule has 0 aromatic heterocycles. The highest BCUT2D eigenvalue weighted by Gasteiger charge is 2.36. The quantitative estimate of drug-likeness (QED) is 0.281. The molecule has 21 heavy (non-hydrogen) atoms. The Morgan fingerprint density at radius 2 is 1.81 bits per heavy atom. The van der Waals surface area contributed by atoms with Gasteiger partial charge < -0.3 is 27.9 Å². The third-order valence-electron chi connectivity index (χ3n) is 2.78. The van der Waals surface area contributed by atoms with Crippen LogP contribution in [0, 0.1) is 0 Å². The van der Waals surface area contributed by atoms with Crippen molar-refractivity contribution in [2.75, 3.05) is 41.2 Å². The van der Waals surface area contributed by atoms with E-state index < -0.39 is 14.8 Å². The molecule has 0 aromatic carbocycles. The monoisotopic (exact) mass is 322 g/mol. The van der Waals surface area contributed by atoms with Crippen molar-refractivity contribution < 1.29 is 32.7 Å². The zero-order chi connectivity index (χ0) is 16.3. The van der Waals surface area contributed by atoms with Crippen LogP contribution >= 0.6 is 0 Å². The molecule has 1 aliphatic rings. The van der Waals surface area contributed by atoms with E-state index in [4.69, 9.17) is 27.9 Å². The molecule has 8 heteroatoms. The fourth-order valence-corrected chi connectivity index (χ4v) is 3.02. The van der Waals surface area contributed by atoms with E-state index in [-0.39, 0.29) is 5.57 Å². The summed E-state index contributed by atoms with van der Waals surface area (Å²) in [6, 6.07) is 0.780. The Morgan fingerprint density at radius 3 is 2.14 bits per heavy atom. The average molecular weight is 322 g/mol. The molecule has 1 saturated heterocycles. The van der Waals surface area contributed by atoms with Crippen LogP contribution in [0.2, 0.25) is 6.04 Å². The van der Waals surface area contributed by atoms with Crippen LogP contribution < -0.4 is 0 Å². The van der Waals surface area contributed by atoms with Crippen molar-refractivity contribution in [3.05, 3.63) is 12.2 Å². The Kier molecular flexibility index (Phi) is 10.5. The molecule has 1 aliphatic heterocycles. The van der Waals surface area contributed by atoms with Gasteiger partial charge in [0.25, 0.3) is 0 Å². The van der Waals surface area contributed by atoms with Crippen molar-refractivity contribution in [3.8, 4) is 0 Å². The Hall–Kier alpha value is -0.773. The molecule has 0 aromatic rings. The van der Waals surface area contributed by atoms with Gasteiger partial charge in [-0.05, 0) is 13.3 Å². The minimum Gasteiger partial charge on any atom is -0.478 e. The number of rotatable bonds is 10. The SMILES string of the molecule is C=C(C)C(=O)O.CO[Si](CCCOCC1CO1)(OC)OC. The molecule has 0 amide bonds. The predicted molar refractivity (Wildman–Crippen MR) is 79.2 cm³/mol. The highest BCUT2D eigenvalue weighted by Crippen LogP contribution is 2.15. The van der Waals surface area contributed by atoms with Crippen LogP contribution in [0.25, 0.3) is 0 Å². The maximum atomic E-state index is 9.60. The molecule has 1 N–H and O–H groups in total. The van der Waals surface area contributed by atoms with Crippen LogP contribution in [0.4, 0.5) is 0 Å². The highest BCUT2D eigenvalue weighted by atomic mass is 28.4. The fourth-order valence-electron chi connectivity index (χ4n) is 1.33. The first-order valence-electron chi connectivity index (χ1n) is 6.64. The normalized spacial score (nSPS) is 16.9. The van der Waals surface area contributed by atoms with E-state index in [1.54, 1.807) is 21.3 Å². The summed E-state index contributed by atoms with van der Waals surface area (Å²) in [5.41, 5.74) is 0.176. The number of aliphatic carboxylic acids is 1. The van der Waals surface area contributed by atoms with Gasteiger partial charge in [0.1, 0.15) is 6.10 Å². The van der Waals surface area contributed by atoms with E-state index in [1.165, 1.54) is 6.92 Å². The van der Waals surface area contributed by atoms with Crippen LogP contribution in [0.3, 0.4) is 0 Å². The first-order chi connectivity index (χ1) is 9.90. The summed E-state index contributed by atoms with van der Waals surface area (Å²) in [6.07, 6.45) is 1.22. The van der Waals surface area contributed by atoms with Gasteiger partial charge in [0.2, 0.25) is 0 Å². The first-order valence-corrected chi connectivity index (χ1v) is 8.57.